The van der Waals surface area contributed by atoms with Crippen LogP contribution in [0.15, 0.2) is 12.4 Å². The van der Waals surface area contributed by atoms with Gasteiger partial charge in [-0.15, -0.1) is 0 Å². The minimum atomic E-state index is -1.13. The first-order valence-corrected chi connectivity index (χ1v) is 5.07. The molecule has 1 amide bonds. The number of rotatable bonds is 5. The molecule has 2 N–H and O–H groups in total. The zero-order valence-corrected chi connectivity index (χ0v) is 9.67. The average Bonchev–Trinajstić information content (AvgIpc) is 2.35. The van der Waals surface area contributed by atoms with Crippen molar-refractivity contribution in [2.45, 2.75) is 6.92 Å². The summed E-state index contributed by atoms with van der Waals surface area (Å²) in [6.45, 7) is 2.61. The van der Waals surface area contributed by atoms with Gasteiger partial charge >= 0.3 is 5.97 Å². The summed E-state index contributed by atoms with van der Waals surface area (Å²) in [4.78, 5) is 31.0. The van der Waals surface area contributed by atoms with E-state index in [1.54, 1.807) is 11.9 Å². The van der Waals surface area contributed by atoms with E-state index in [1.165, 1.54) is 6.20 Å². The fraction of sp³-hybridized carbons (Fsp3) is 0.400. The number of hydrogen-bond acceptors (Lipinski definition) is 5. The van der Waals surface area contributed by atoms with Crippen LogP contribution in [0, 0.1) is 0 Å². The van der Waals surface area contributed by atoms with Crippen molar-refractivity contribution in [2.75, 3.05) is 25.5 Å². The largest absolute Gasteiger partial charge is 0.476 e. The van der Waals surface area contributed by atoms with E-state index in [2.05, 4.69) is 15.3 Å². The second-order valence-corrected chi connectivity index (χ2v) is 3.35. The number of likely N-dealkylation sites (N-methyl/N-ethyl adjacent to an activating group) is 1. The van der Waals surface area contributed by atoms with E-state index in [9.17, 15) is 9.59 Å². The summed E-state index contributed by atoms with van der Waals surface area (Å²) >= 11 is 0. The highest BCUT2D eigenvalue weighted by atomic mass is 16.4. The lowest BCUT2D eigenvalue weighted by molar-refractivity contribution is -0.127. The normalized spacial score (nSPS) is 9.76. The van der Waals surface area contributed by atoms with Gasteiger partial charge in [0, 0.05) is 13.6 Å². The Balaban J connectivity index is 2.53. The Morgan fingerprint density at radius 1 is 1.41 bits per heavy atom. The van der Waals surface area contributed by atoms with Gasteiger partial charge in [0.15, 0.2) is 5.69 Å². The summed E-state index contributed by atoms with van der Waals surface area (Å²) in [6.07, 6.45) is 2.42. The fourth-order valence-electron chi connectivity index (χ4n) is 1.01. The van der Waals surface area contributed by atoms with Crippen LogP contribution in [0.3, 0.4) is 0 Å². The highest BCUT2D eigenvalue weighted by Gasteiger charge is 2.08. The minimum absolute atomic E-state index is 0.0726. The molecule has 1 heterocycles. The monoisotopic (exact) mass is 238 g/mol. The maximum atomic E-state index is 11.4. The smallest absolute Gasteiger partial charge is 0.356 e. The molecule has 0 bridgehead atoms. The molecule has 7 heteroatoms. The molecule has 0 aliphatic rings. The third-order valence-electron chi connectivity index (χ3n) is 2.19. The molecular formula is C10H14N4O3. The maximum Gasteiger partial charge on any atom is 0.356 e. The third kappa shape index (κ3) is 3.71. The van der Waals surface area contributed by atoms with Crippen molar-refractivity contribution in [1.82, 2.24) is 14.9 Å². The van der Waals surface area contributed by atoms with Crippen LogP contribution in [0.1, 0.15) is 17.4 Å². The van der Waals surface area contributed by atoms with Gasteiger partial charge in [0.1, 0.15) is 5.82 Å². The lowest BCUT2D eigenvalue weighted by Crippen LogP contribution is -2.32. The van der Waals surface area contributed by atoms with Crippen molar-refractivity contribution in [2.24, 2.45) is 0 Å². The van der Waals surface area contributed by atoms with Crippen LogP contribution in [0.25, 0.3) is 0 Å². The Hall–Kier alpha value is -2.18. The van der Waals surface area contributed by atoms with Gasteiger partial charge in [-0.1, -0.05) is 0 Å². The number of carboxylic acid groups (broad SMARTS) is 1. The summed E-state index contributed by atoms with van der Waals surface area (Å²) in [5.74, 6) is -0.838. The predicted octanol–water partition coefficient (Wildman–Crippen LogP) is 0.0650. The van der Waals surface area contributed by atoms with E-state index >= 15 is 0 Å². The molecule has 0 atom stereocenters. The van der Waals surface area contributed by atoms with Crippen molar-refractivity contribution < 1.29 is 14.7 Å². The van der Waals surface area contributed by atoms with Gasteiger partial charge in [-0.3, -0.25) is 4.79 Å². The minimum Gasteiger partial charge on any atom is -0.476 e. The number of carboxylic acids is 1. The van der Waals surface area contributed by atoms with E-state index in [-0.39, 0.29) is 18.1 Å². The average molecular weight is 238 g/mol. The van der Waals surface area contributed by atoms with Crippen LogP contribution in [0.4, 0.5) is 5.82 Å². The molecule has 1 aromatic heterocycles. The van der Waals surface area contributed by atoms with Crippen LogP contribution in [-0.4, -0.2) is 52.0 Å². The SMILES string of the molecule is CCN(C)C(=O)CNc1cnc(C(=O)O)cn1. The zero-order chi connectivity index (χ0) is 12.8. The number of nitrogens with zero attached hydrogens (tertiary/aromatic N) is 3. The van der Waals surface area contributed by atoms with Crippen LogP contribution < -0.4 is 5.32 Å². The van der Waals surface area contributed by atoms with E-state index in [0.717, 1.165) is 6.20 Å². The first-order valence-electron chi connectivity index (χ1n) is 5.07. The molecule has 92 valence electrons. The Bertz CT molecular complexity index is 405. The van der Waals surface area contributed by atoms with Crippen LogP contribution in [-0.2, 0) is 4.79 Å². The van der Waals surface area contributed by atoms with Gasteiger partial charge < -0.3 is 15.3 Å². The number of carbonyl (C=O) groups excluding carboxylic acids is 1. The Labute approximate surface area is 98.5 Å². The first kappa shape index (κ1) is 12.9. The topological polar surface area (TPSA) is 95.4 Å². The Morgan fingerprint density at radius 3 is 2.59 bits per heavy atom. The molecule has 0 saturated carbocycles. The molecule has 0 unspecified atom stereocenters. The summed E-state index contributed by atoms with van der Waals surface area (Å²) < 4.78 is 0. The second kappa shape index (κ2) is 5.78. The van der Waals surface area contributed by atoms with E-state index in [4.69, 9.17) is 5.11 Å². The summed E-state index contributed by atoms with van der Waals surface area (Å²) in [5, 5.41) is 11.4. The number of aromatic nitrogens is 2. The molecule has 0 spiro atoms. The predicted molar refractivity (Wildman–Crippen MR) is 60.8 cm³/mol. The molecular weight excluding hydrogens is 224 g/mol. The standard InChI is InChI=1S/C10H14N4O3/c1-3-14(2)9(15)6-13-8-5-11-7(4-12-8)10(16)17/h4-5H,3,6H2,1-2H3,(H,12,13)(H,16,17). The number of nitrogens with one attached hydrogen (secondary N) is 1. The van der Waals surface area contributed by atoms with Gasteiger partial charge in [-0.05, 0) is 6.92 Å². The fourth-order valence-corrected chi connectivity index (χ4v) is 1.01. The van der Waals surface area contributed by atoms with Crippen LogP contribution in [0.2, 0.25) is 0 Å². The van der Waals surface area contributed by atoms with Crippen molar-refractivity contribution in [3.63, 3.8) is 0 Å². The van der Waals surface area contributed by atoms with Crippen LogP contribution >= 0.6 is 0 Å². The number of hydrogen-bond donors (Lipinski definition) is 2. The van der Waals surface area contributed by atoms with E-state index < -0.39 is 5.97 Å². The number of aromatic carboxylic acids is 1. The van der Waals surface area contributed by atoms with Gasteiger partial charge in [-0.2, -0.15) is 0 Å². The molecule has 17 heavy (non-hydrogen) atoms. The molecule has 1 aromatic rings. The molecule has 7 nitrogen and oxygen atoms in total. The second-order valence-electron chi connectivity index (χ2n) is 3.35. The summed E-state index contributed by atoms with van der Waals surface area (Å²) in [5.41, 5.74) is -0.132. The van der Waals surface area contributed by atoms with Gasteiger partial charge in [0.25, 0.3) is 0 Å². The lowest BCUT2D eigenvalue weighted by Gasteiger charge is -2.14. The third-order valence-corrected chi connectivity index (χ3v) is 2.19. The van der Waals surface area contributed by atoms with Crippen molar-refractivity contribution in [3.05, 3.63) is 18.1 Å². The van der Waals surface area contributed by atoms with Gasteiger partial charge in [0.05, 0.1) is 18.9 Å². The molecule has 0 aliphatic heterocycles. The molecule has 1 rings (SSSR count). The van der Waals surface area contributed by atoms with E-state index in [0.29, 0.717) is 12.4 Å². The number of anilines is 1. The van der Waals surface area contributed by atoms with Crippen molar-refractivity contribution in [3.8, 4) is 0 Å². The highest BCUT2D eigenvalue weighted by molar-refractivity contribution is 5.85. The van der Waals surface area contributed by atoms with Gasteiger partial charge in [-0.25, -0.2) is 14.8 Å². The van der Waals surface area contributed by atoms with E-state index in [1.807, 2.05) is 6.92 Å². The Kier molecular flexibility index (Phi) is 4.38. The maximum absolute atomic E-state index is 11.4. The van der Waals surface area contributed by atoms with Crippen molar-refractivity contribution >= 4 is 17.7 Å². The molecule has 0 radical (unpaired) electrons. The first-order chi connectivity index (χ1) is 8.04. The lowest BCUT2D eigenvalue weighted by atomic mass is 10.4. The quantitative estimate of drug-likeness (QED) is 0.753. The Morgan fingerprint density at radius 2 is 2.12 bits per heavy atom. The number of amides is 1. The van der Waals surface area contributed by atoms with Crippen molar-refractivity contribution in [1.29, 1.82) is 0 Å². The molecule has 0 aromatic carbocycles. The molecule has 0 aliphatic carbocycles. The summed E-state index contributed by atoms with van der Waals surface area (Å²) in [6, 6.07) is 0. The molecule has 0 fully saturated rings. The molecule has 0 saturated heterocycles. The van der Waals surface area contributed by atoms with Crippen LogP contribution in [0.5, 0.6) is 0 Å². The van der Waals surface area contributed by atoms with Gasteiger partial charge in [0.2, 0.25) is 5.91 Å². The number of carbonyl (C=O) groups is 2. The summed E-state index contributed by atoms with van der Waals surface area (Å²) in [7, 11) is 1.70. The highest BCUT2D eigenvalue weighted by Crippen LogP contribution is 2.00. The zero-order valence-electron chi connectivity index (χ0n) is 9.67.